The molecule has 0 unspecified atom stereocenters. The number of hydrogen-bond acceptors (Lipinski definition) is 6. The first-order valence-electron chi connectivity index (χ1n) is 7.70. The summed E-state index contributed by atoms with van der Waals surface area (Å²) in [5, 5.41) is 3.63. The van der Waals surface area contributed by atoms with Gasteiger partial charge in [0.1, 0.15) is 5.75 Å². The zero-order valence-corrected chi connectivity index (χ0v) is 14.9. The molecule has 25 heavy (non-hydrogen) atoms. The van der Waals surface area contributed by atoms with E-state index >= 15 is 0 Å². The first-order chi connectivity index (χ1) is 11.9. The highest BCUT2D eigenvalue weighted by atomic mass is 32.2. The van der Waals surface area contributed by atoms with Gasteiger partial charge in [-0.1, -0.05) is 17.3 Å². The lowest BCUT2D eigenvalue weighted by atomic mass is 10.2. The van der Waals surface area contributed by atoms with Crippen molar-refractivity contribution < 1.29 is 22.1 Å². The molecule has 3 rings (SSSR count). The fourth-order valence-electron chi connectivity index (χ4n) is 2.26. The molecule has 3 aromatic rings. The van der Waals surface area contributed by atoms with E-state index in [0.29, 0.717) is 29.6 Å². The molecule has 0 saturated heterocycles. The van der Waals surface area contributed by atoms with Gasteiger partial charge in [-0.2, -0.15) is 8.42 Å². The van der Waals surface area contributed by atoms with Crippen molar-refractivity contribution in [1.82, 2.24) is 5.16 Å². The van der Waals surface area contributed by atoms with Crippen LogP contribution in [0.1, 0.15) is 18.2 Å². The smallest absolute Gasteiger partial charge is 0.295 e. The Morgan fingerprint density at radius 1 is 1.16 bits per heavy atom. The third-order valence-corrected chi connectivity index (χ3v) is 4.90. The van der Waals surface area contributed by atoms with Crippen LogP contribution in [0.25, 0.3) is 11.5 Å². The molecular formula is C17H18N2O5S. The number of anilines is 1. The maximum absolute atomic E-state index is 12.6. The molecule has 0 aliphatic heterocycles. The van der Waals surface area contributed by atoms with Crippen LogP contribution in [0.5, 0.6) is 5.75 Å². The summed E-state index contributed by atoms with van der Waals surface area (Å²) in [6, 6.07) is 9.71. The molecule has 0 saturated carbocycles. The molecule has 1 N–H and O–H groups in total. The predicted octanol–water partition coefficient (Wildman–Crippen LogP) is 3.75. The number of ether oxygens (including phenoxy) is 1. The van der Waals surface area contributed by atoms with E-state index in [4.69, 9.17) is 13.7 Å². The van der Waals surface area contributed by atoms with E-state index in [1.165, 1.54) is 12.1 Å². The molecule has 132 valence electrons. The number of aryl methyl sites for hydroxylation is 1. The first kappa shape index (κ1) is 17.1. The summed E-state index contributed by atoms with van der Waals surface area (Å²) in [7, 11) is -3.91. The summed E-state index contributed by atoms with van der Waals surface area (Å²) in [6.45, 7) is 5.88. The van der Waals surface area contributed by atoms with Crippen molar-refractivity contribution in [2.24, 2.45) is 0 Å². The molecule has 0 aliphatic carbocycles. The third-order valence-electron chi connectivity index (χ3n) is 3.66. The van der Waals surface area contributed by atoms with Crippen LogP contribution in [0.4, 0.5) is 5.69 Å². The lowest BCUT2D eigenvalue weighted by molar-refractivity contribution is 0.342. The fourth-order valence-corrected chi connectivity index (χ4v) is 3.26. The number of benzene rings is 1. The lowest BCUT2D eigenvalue weighted by Gasteiger charge is -2.11. The molecule has 0 aliphatic rings. The predicted molar refractivity (Wildman–Crippen MR) is 92.1 cm³/mol. The van der Waals surface area contributed by atoms with Crippen LogP contribution >= 0.6 is 0 Å². The van der Waals surface area contributed by atoms with Gasteiger partial charge in [0.25, 0.3) is 10.0 Å². The Kier molecular flexibility index (Phi) is 4.54. The van der Waals surface area contributed by atoms with Crippen LogP contribution in [-0.2, 0) is 10.0 Å². The fraction of sp³-hybridized carbons (Fsp3) is 0.235. The number of para-hydroxylation sites is 2. The second kappa shape index (κ2) is 6.64. The Hall–Kier alpha value is -2.74. The molecular weight excluding hydrogens is 344 g/mol. The van der Waals surface area contributed by atoms with E-state index in [9.17, 15) is 8.42 Å². The van der Waals surface area contributed by atoms with Crippen molar-refractivity contribution in [3.8, 4) is 17.3 Å². The Labute approximate surface area is 145 Å². The topological polar surface area (TPSA) is 94.6 Å². The van der Waals surface area contributed by atoms with E-state index in [0.717, 1.165) is 11.3 Å². The van der Waals surface area contributed by atoms with Gasteiger partial charge in [-0.05, 0) is 45.0 Å². The average Bonchev–Trinajstić information content (AvgIpc) is 3.18. The lowest BCUT2D eigenvalue weighted by Crippen LogP contribution is -2.13. The molecule has 0 amide bonds. The summed E-state index contributed by atoms with van der Waals surface area (Å²) in [5.74, 6) is 1.16. The number of hydrogen-bond donors (Lipinski definition) is 1. The minimum absolute atomic E-state index is 0.220. The molecule has 7 nitrogen and oxygen atoms in total. The summed E-state index contributed by atoms with van der Waals surface area (Å²) in [4.78, 5) is 0. The quantitative estimate of drug-likeness (QED) is 0.717. The number of sulfonamides is 1. The zero-order chi connectivity index (χ0) is 18.0. The molecule has 1 aromatic carbocycles. The van der Waals surface area contributed by atoms with Gasteiger partial charge >= 0.3 is 0 Å². The van der Waals surface area contributed by atoms with Crippen LogP contribution < -0.4 is 9.46 Å². The van der Waals surface area contributed by atoms with E-state index in [1.807, 2.05) is 13.8 Å². The molecule has 0 spiro atoms. The molecule has 8 heteroatoms. The van der Waals surface area contributed by atoms with Gasteiger partial charge < -0.3 is 13.7 Å². The van der Waals surface area contributed by atoms with E-state index < -0.39 is 10.0 Å². The van der Waals surface area contributed by atoms with Crippen molar-refractivity contribution in [3.05, 3.63) is 47.7 Å². The van der Waals surface area contributed by atoms with E-state index in [2.05, 4.69) is 9.88 Å². The van der Waals surface area contributed by atoms with Gasteiger partial charge in [0.05, 0.1) is 18.0 Å². The second-order valence-corrected chi connectivity index (χ2v) is 6.99. The number of nitrogens with zero attached hydrogens (tertiary/aromatic N) is 1. The largest absolute Gasteiger partial charge is 0.492 e. The summed E-state index contributed by atoms with van der Waals surface area (Å²) >= 11 is 0. The third kappa shape index (κ3) is 3.39. The number of nitrogens with one attached hydrogen (secondary N) is 1. The van der Waals surface area contributed by atoms with E-state index in [-0.39, 0.29) is 5.09 Å². The Morgan fingerprint density at radius 3 is 2.60 bits per heavy atom. The van der Waals surface area contributed by atoms with E-state index in [1.54, 1.807) is 31.2 Å². The second-order valence-electron chi connectivity index (χ2n) is 5.38. The van der Waals surface area contributed by atoms with Crippen LogP contribution in [0.3, 0.4) is 0 Å². The Bertz CT molecular complexity index is 988. The summed E-state index contributed by atoms with van der Waals surface area (Å²) in [5.41, 5.74) is 1.86. The Balaban J connectivity index is 1.90. The van der Waals surface area contributed by atoms with Crippen LogP contribution in [0.15, 0.2) is 50.4 Å². The molecule has 0 atom stereocenters. The minimum atomic E-state index is -3.91. The average molecular weight is 362 g/mol. The maximum atomic E-state index is 12.6. The molecule has 0 radical (unpaired) electrons. The highest BCUT2D eigenvalue weighted by molar-refractivity contribution is 7.92. The van der Waals surface area contributed by atoms with Crippen molar-refractivity contribution >= 4 is 15.7 Å². The molecule has 2 aromatic heterocycles. The SMILES string of the molecule is CCOc1ccccc1NS(=O)(=O)c1ccc(-c2onc(C)c2C)o1. The highest BCUT2D eigenvalue weighted by Crippen LogP contribution is 2.31. The molecule has 0 fully saturated rings. The van der Waals surface area contributed by atoms with Gasteiger partial charge in [-0.3, -0.25) is 4.72 Å². The minimum Gasteiger partial charge on any atom is -0.492 e. The van der Waals surface area contributed by atoms with Gasteiger partial charge in [-0.25, -0.2) is 0 Å². The van der Waals surface area contributed by atoms with Crippen LogP contribution in [0, 0.1) is 13.8 Å². The number of aromatic nitrogens is 1. The van der Waals surface area contributed by atoms with Crippen molar-refractivity contribution in [2.75, 3.05) is 11.3 Å². The van der Waals surface area contributed by atoms with Gasteiger partial charge in [0, 0.05) is 5.56 Å². The van der Waals surface area contributed by atoms with Gasteiger partial charge in [0.2, 0.25) is 10.9 Å². The van der Waals surface area contributed by atoms with Gasteiger partial charge in [0.15, 0.2) is 5.76 Å². The first-order valence-corrected chi connectivity index (χ1v) is 9.18. The highest BCUT2D eigenvalue weighted by Gasteiger charge is 2.23. The standard InChI is InChI=1S/C17H18N2O5S/c1-4-22-14-8-6-5-7-13(14)19-25(20,21)16-10-9-15(23-16)17-11(2)12(3)18-24-17/h5-10,19H,4H2,1-3H3. The summed E-state index contributed by atoms with van der Waals surface area (Å²) < 4.78 is 43.8. The van der Waals surface area contributed by atoms with Gasteiger partial charge in [-0.15, -0.1) is 0 Å². The van der Waals surface area contributed by atoms with Crippen molar-refractivity contribution in [3.63, 3.8) is 0 Å². The summed E-state index contributed by atoms with van der Waals surface area (Å²) in [6.07, 6.45) is 0. The zero-order valence-electron chi connectivity index (χ0n) is 14.1. The molecule has 2 heterocycles. The Morgan fingerprint density at radius 2 is 1.92 bits per heavy atom. The molecule has 0 bridgehead atoms. The normalized spacial score (nSPS) is 11.5. The van der Waals surface area contributed by atoms with Crippen molar-refractivity contribution in [2.45, 2.75) is 25.9 Å². The maximum Gasteiger partial charge on any atom is 0.295 e. The number of rotatable bonds is 6. The van der Waals surface area contributed by atoms with Crippen LogP contribution in [-0.4, -0.2) is 20.2 Å². The van der Waals surface area contributed by atoms with Crippen molar-refractivity contribution in [1.29, 1.82) is 0 Å². The monoisotopic (exact) mass is 362 g/mol. The number of furan rings is 1. The van der Waals surface area contributed by atoms with Crippen LogP contribution in [0.2, 0.25) is 0 Å².